The first kappa shape index (κ1) is 20.2. The summed E-state index contributed by atoms with van der Waals surface area (Å²) in [7, 11) is -3.73. The fourth-order valence-corrected chi connectivity index (χ4v) is 7.63. The minimum Gasteiger partial charge on any atom is -0.495 e. The molecule has 0 unspecified atom stereocenters. The van der Waals surface area contributed by atoms with Gasteiger partial charge in [0.1, 0.15) is 5.94 Å². The van der Waals surface area contributed by atoms with Crippen LogP contribution in [0.5, 0.6) is 0 Å². The predicted molar refractivity (Wildman–Crippen MR) is 97.7 cm³/mol. The maximum absolute atomic E-state index is 11.6. The van der Waals surface area contributed by atoms with Gasteiger partial charge in [-0.25, -0.2) is 4.79 Å². The second-order valence-electron chi connectivity index (χ2n) is 8.27. The van der Waals surface area contributed by atoms with E-state index in [1.54, 1.807) is 0 Å². The average Bonchev–Trinajstić information content (AvgIpc) is 2.20. The Morgan fingerprint density at radius 3 is 1.48 bits per heavy atom. The van der Waals surface area contributed by atoms with Crippen LogP contribution < -0.4 is 0 Å². The van der Waals surface area contributed by atoms with Gasteiger partial charge in [0.15, 0.2) is 5.88 Å². The van der Waals surface area contributed by atoms with E-state index in [1.165, 1.54) is 0 Å². The third-order valence-corrected chi connectivity index (χ3v) is 7.51. The molecule has 3 nitrogen and oxygen atoms in total. The molecule has 0 bridgehead atoms. The maximum atomic E-state index is 11.6. The van der Waals surface area contributed by atoms with Gasteiger partial charge in [-0.15, -0.1) is 0 Å². The Hall–Kier alpha value is -0.776. The lowest BCUT2D eigenvalue weighted by atomic mass is 10.2. The number of nitrogens with zero attached hydrogens (tertiary/aromatic N) is 1. The SMILES string of the molecule is CC(C)N(/C(O)=C(/C(=C=O)[Si](C)(C)C)[Si](C)(C)C)C(C)C. The number of hydrogen-bond donors (Lipinski definition) is 1. The first-order valence-corrected chi connectivity index (χ1v) is 14.7. The van der Waals surface area contributed by atoms with Crippen molar-refractivity contribution in [3.8, 4) is 0 Å². The van der Waals surface area contributed by atoms with Crippen LogP contribution >= 0.6 is 0 Å². The van der Waals surface area contributed by atoms with E-state index in [-0.39, 0.29) is 12.1 Å². The highest BCUT2D eigenvalue weighted by Crippen LogP contribution is 2.32. The normalized spacial score (nSPS) is 14.1. The molecule has 0 aliphatic heterocycles. The summed E-state index contributed by atoms with van der Waals surface area (Å²) in [4.78, 5) is 13.6. The van der Waals surface area contributed by atoms with E-state index in [4.69, 9.17) is 0 Å². The van der Waals surface area contributed by atoms with E-state index in [9.17, 15) is 9.90 Å². The summed E-state index contributed by atoms with van der Waals surface area (Å²) < 4.78 is 0. The highest BCUT2D eigenvalue weighted by Gasteiger charge is 2.36. The molecular formula is C16H33NO2Si2. The third kappa shape index (κ3) is 5.17. The molecular weight excluding hydrogens is 294 g/mol. The number of aliphatic hydroxyl groups excluding tert-OH is 1. The van der Waals surface area contributed by atoms with Crippen molar-refractivity contribution < 1.29 is 9.90 Å². The molecule has 0 aromatic carbocycles. The summed E-state index contributed by atoms with van der Waals surface area (Å²) in [6.07, 6.45) is 0. The van der Waals surface area contributed by atoms with Crippen molar-refractivity contribution in [2.45, 2.75) is 79.1 Å². The minimum absolute atomic E-state index is 0.186. The fraction of sp³-hybridized carbons (Fsp3) is 0.750. The third-order valence-electron chi connectivity index (χ3n) is 3.43. The van der Waals surface area contributed by atoms with Gasteiger partial charge in [-0.3, -0.25) is 0 Å². The van der Waals surface area contributed by atoms with Gasteiger partial charge in [0.2, 0.25) is 0 Å². The first-order chi connectivity index (χ1) is 9.25. The van der Waals surface area contributed by atoms with Gasteiger partial charge in [-0.05, 0) is 27.7 Å². The molecule has 21 heavy (non-hydrogen) atoms. The summed E-state index contributed by atoms with van der Waals surface area (Å²) in [5.41, 5.74) is 0. The molecule has 0 saturated carbocycles. The van der Waals surface area contributed by atoms with Crippen molar-refractivity contribution in [2.24, 2.45) is 0 Å². The topological polar surface area (TPSA) is 40.5 Å². The average molecular weight is 328 g/mol. The zero-order valence-corrected chi connectivity index (χ0v) is 17.5. The largest absolute Gasteiger partial charge is 0.495 e. The summed E-state index contributed by atoms with van der Waals surface area (Å²) in [5, 5.41) is 12.6. The van der Waals surface area contributed by atoms with E-state index < -0.39 is 16.1 Å². The van der Waals surface area contributed by atoms with Crippen LogP contribution in [0, 0.1) is 0 Å². The number of allylic oxidation sites excluding steroid dienone is 2. The van der Waals surface area contributed by atoms with Crippen LogP contribution in [0.3, 0.4) is 0 Å². The van der Waals surface area contributed by atoms with Crippen LogP contribution in [0.4, 0.5) is 0 Å². The first-order valence-electron chi connectivity index (χ1n) is 7.73. The van der Waals surface area contributed by atoms with Crippen molar-refractivity contribution in [1.82, 2.24) is 4.90 Å². The number of carbonyl (C=O) groups excluding carboxylic acids is 1. The zero-order valence-electron chi connectivity index (χ0n) is 15.5. The second-order valence-corrected chi connectivity index (χ2v) is 18.3. The van der Waals surface area contributed by atoms with Gasteiger partial charge < -0.3 is 10.0 Å². The number of hydrogen-bond acceptors (Lipinski definition) is 3. The minimum atomic E-state index is -1.87. The molecule has 0 aliphatic rings. The molecule has 122 valence electrons. The van der Waals surface area contributed by atoms with Crippen LogP contribution in [0.15, 0.2) is 16.3 Å². The molecule has 0 atom stereocenters. The van der Waals surface area contributed by atoms with Crippen molar-refractivity contribution in [1.29, 1.82) is 0 Å². The highest BCUT2D eigenvalue weighted by atomic mass is 28.3. The van der Waals surface area contributed by atoms with Crippen molar-refractivity contribution >= 4 is 22.1 Å². The van der Waals surface area contributed by atoms with Crippen molar-refractivity contribution in [3.63, 3.8) is 0 Å². The van der Waals surface area contributed by atoms with Gasteiger partial charge in [0.25, 0.3) is 0 Å². The van der Waals surface area contributed by atoms with Crippen LogP contribution in [-0.4, -0.2) is 44.2 Å². The molecule has 0 rings (SSSR count). The Bertz CT molecular complexity index is 440. The molecule has 0 aromatic heterocycles. The second kappa shape index (κ2) is 6.99. The summed E-state index contributed by atoms with van der Waals surface area (Å²) in [5.74, 6) is 2.47. The maximum Gasteiger partial charge on any atom is 0.186 e. The summed E-state index contributed by atoms with van der Waals surface area (Å²) in [6.45, 7) is 21.2. The predicted octanol–water partition coefficient (Wildman–Crippen LogP) is 4.39. The molecule has 0 spiro atoms. The number of aliphatic hydroxyl groups is 1. The van der Waals surface area contributed by atoms with Crippen molar-refractivity contribution in [2.75, 3.05) is 0 Å². The highest BCUT2D eigenvalue weighted by molar-refractivity contribution is 6.93. The molecule has 0 aliphatic carbocycles. The van der Waals surface area contributed by atoms with Crippen LogP contribution in [-0.2, 0) is 4.79 Å². The van der Waals surface area contributed by atoms with E-state index >= 15 is 0 Å². The lowest BCUT2D eigenvalue weighted by Gasteiger charge is -2.37. The smallest absolute Gasteiger partial charge is 0.186 e. The standard InChI is InChI=1S/C16H33NO2Si2/c1-12(2)17(13(3)4)16(19)15(21(8,9)10)14(11-18)20(5,6)7/h12-13,19H,1-10H3/b16-15+. The zero-order chi connectivity index (χ0) is 17.2. The lowest BCUT2D eigenvalue weighted by molar-refractivity contribution is 0.133. The molecule has 0 amide bonds. The van der Waals surface area contributed by atoms with Gasteiger partial charge in [0.05, 0.1) is 16.1 Å². The van der Waals surface area contributed by atoms with E-state index in [1.807, 2.05) is 4.90 Å². The molecule has 1 N–H and O–H groups in total. The molecule has 0 saturated heterocycles. The monoisotopic (exact) mass is 327 g/mol. The Kier molecular flexibility index (Phi) is 6.73. The fourth-order valence-electron chi connectivity index (χ4n) is 2.62. The Labute approximate surface area is 132 Å². The van der Waals surface area contributed by atoms with Gasteiger partial charge in [0, 0.05) is 22.5 Å². The quantitative estimate of drug-likeness (QED) is 0.340. The molecule has 0 aromatic rings. The summed E-state index contributed by atoms with van der Waals surface area (Å²) >= 11 is 0. The Balaban J connectivity index is 6.42. The van der Waals surface area contributed by atoms with E-state index in [0.29, 0.717) is 5.88 Å². The van der Waals surface area contributed by atoms with Crippen LogP contribution in [0.2, 0.25) is 39.3 Å². The van der Waals surface area contributed by atoms with E-state index in [0.717, 1.165) is 10.4 Å². The van der Waals surface area contributed by atoms with Crippen LogP contribution in [0.25, 0.3) is 0 Å². The Morgan fingerprint density at radius 2 is 1.29 bits per heavy atom. The molecule has 0 radical (unpaired) electrons. The molecule has 5 heteroatoms. The van der Waals surface area contributed by atoms with E-state index in [2.05, 4.69) is 72.9 Å². The van der Waals surface area contributed by atoms with Gasteiger partial charge >= 0.3 is 0 Å². The number of rotatable bonds is 6. The van der Waals surface area contributed by atoms with Crippen LogP contribution in [0.1, 0.15) is 27.7 Å². The Morgan fingerprint density at radius 1 is 0.905 bits per heavy atom. The molecule has 0 heterocycles. The summed E-state index contributed by atoms with van der Waals surface area (Å²) in [6, 6.07) is 0.372. The molecule has 0 fully saturated rings. The lowest BCUT2D eigenvalue weighted by Crippen LogP contribution is -2.43. The van der Waals surface area contributed by atoms with Gasteiger partial charge in [-0.2, -0.15) is 0 Å². The van der Waals surface area contributed by atoms with Crippen molar-refractivity contribution in [3.05, 3.63) is 16.3 Å². The van der Waals surface area contributed by atoms with Gasteiger partial charge in [-0.1, -0.05) is 39.3 Å².